The van der Waals surface area contributed by atoms with E-state index in [9.17, 15) is 4.79 Å². The van der Waals surface area contributed by atoms with Crippen molar-refractivity contribution in [3.63, 3.8) is 0 Å². The van der Waals surface area contributed by atoms with Gasteiger partial charge >= 0.3 is 0 Å². The lowest BCUT2D eigenvalue weighted by molar-refractivity contribution is -0.116. The summed E-state index contributed by atoms with van der Waals surface area (Å²) in [5, 5.41) is 12.7. The van der Waals surface area contributed by atoms with Crippen LogP contribution in [0, 0.1) is 0 Å². The number of carbonyl (C=O) groups excluding carboxylic acids is 1. The first-order valence-electron chi connectivity index (χ1n) is 8.45. The average molecular weight is 363 g/mol. The van der Waals surface area contributed by atoms with Gasteiger partial charge in [-0.1, -0.05) is 31.3 Å². The summed E-state index contributed by atoms with van der Waals surface area (Å²) in [5.41, 5.74) is 1.02. The topological polar surface area (TPSA) is 73.3 Å². The minimum Gasteiger partial charge on any atom is -0.493 e. The Morgan fingerprint density at radius 1 is 1.16 bits per heavy atom. The number of nitrogens with one attached hydrogen (secondary N) is 1. The Hall–Kier alpha value is -2.15. The van der Waals surface area contributed by atoms with Gasteiger partial charge in [-0.2, -0.15) is 0 Å². The van der Waals surface area contributed by atoms with Crippen LogP contribution in [0.5, 0.6) is 11.5 Å². The summed E-state index contributed by atoms with van der Waals surface area (Å²) < 4.78 is 10.5. The third-order valence-electron chi connectivity index (χ3n) is 4.11. The maximum atomic E-state index is 12.2. The smallest absolute Gasteiger partial charge is 0.226 e. The summed E-state index contributed by atoms with van der Waals surface area (Å²) in [6.07, 6.45) is 3.04. The summed E-state index contributed by atoms with van der Waals surface area (Å²) in [5.74, 6) is 1.69. The van der Waals surface area contributed by atoms with Gasteiger partial charge in [-0.3, -0.25) is 4.79 Å². The Balaban J connectivity index is 1.91. The number of carbonyl (C=O) groups is 1. The van der Waals surface area contributed by atoms with Crippen LogP contribution in [-0.2, 0) is 11.2 Å². The van der Waals surface area contributed by atoms with Crippen LogP contribution in [0.25, 0.3) is 0 Å². The minimum atomic E-state index is -0.0676. The molecule has 1 heterocycles. The number of anilines is 1. The standard InChI is InChI=1S/C18H25N3O3S/c1-5-13(6-2)17-20-21-18(25-17)19-16(22)10-8-12-7-9-14(23-3)15(11-12)24-4/h7,9,11,13H,5-6,8,10H2,1-4H3,(H,19,21,22). The lowest BCUT2D eigenvalue weighted by Crippen LogP contribution is -2.12. The SMILES string of the molecule is CCC(CC)c1nnc(NC(=O)CCc2ccc(OC)c(OC)c2)s1. The number of methoxy groups -OCH3 is 2. The Morgan fingerprint density at radius 2 is 1.88 bits per heavy atom. The maximum absolute atomic E-state index is 12.2. The molecular weight excluding hydrogens is 338 g/mol. The van der Waals surface area contributed by atoms with Crippen LogP contribution in [0.15, 0.2) is 18.2 Å². The first-order chi connectivity index (χ1) is 12.1. The molecule has 2 rings (SSSR count). The third kappa shape index (κ3) is 5.16. The van der Waals surface area contributed by atoms with Gasteiger partial charge in [0.2, 0.25) is 11.0 Å². The molecule has 0 saturated heterocycles. The van der Waals surface area contributed by atoms with Crippen molar-refractivity contribution in [1.82, 2.24) is 10.2 Å². The van der Waals surface area contributed by atoms with Crippen LogP contribution < -0.4 is 14.8 Å². The number of hydrogen-bond donors (Lipinski definition) is 1. The highest BCUT2D eigenvalue weighted by molar-refractivity contribution is 7.15. The zero-order valence-electron chi connectivity index (χ0n) is 15.2. The molecule has 0 aliphatic carbocycles. The second-order valence-electron chi connectivity index (χ2n) is 5.70. The van der Waals surface area contributed by atoms with E-state index in [-0.39, 0.29) is 5.91 Å². The van der Waals surface area contributed by atoms with Crippen LogP contribution >= 0.6 is 11.3 Å². The van der Waals surface area contributed by atoms with Gasteiger partial charge in [-0.05, 0) is 37.0 Å². The largest absolute Gasteiger partial charge is 0.493 e. The first-order valence-corrected chi connectivity index (χ1v) is 9.27. The van der Waals surface area contributed by atoms with Gasteiger partial charge in [-0.25, -0.2) is 0 Å². The maximum Gasteiger partial charge on any atom is 0.226 e. The molecule has 0 aliphatic rings. The van der Waals surface area contributed by atoms with E-state index < -0.39 is 0 Å². The molecule has 2 aromatic rings. The fourth-order valence-electron chi connectivity index (χ4n) is 2.56. The molecule has 0 radical (unpaired) electrons. The number of nitrogens with zero attached hydrogens (tertiary/aromatic N) is 2. The van der Waals surface area contributed by atoms with E-state index in [1.165, 1.54) is 11.3 Å². The molecule has 6 nitrogen and oxygen atoms in total. The van der Waals surface area contributed by atoms with Crippen molar-refractivity contribution in [3.8, 4) is 11.5 Å². The van der Waals surface area contributed by atoms with Crippen molar-refractivity contribution in [1.29, 1.82) is 0 Å². The van der Waals surface area contributed by atoms with Gasteiger partial charge in [0.15, 0.2) is 11.5 Å². The number of rotatable bonds is 9. The molecule has 1 aromatic heterocycles. The zero-order chi connectivity index (χ0) is 18.2. The van der Waals surface area contributed by atoms with Gasteiger partial charge in [0.05, 0.1) is 14.2 Å². The van der Waals surface area contributed by atoms with Crippen LogP contribution in [0.1, 0.15) is 49.6 Å². The van der Waals surface area contributed by atoms with Crippen LogP contribution in [0.3, 0.4) is 0 Å². The lowest BCUT2D eigenvalue weighted by Gasteiger charge is -2.09. The van der Waals surface area contributed by atoms with Crippen LogP contribution in [0.2, 0.25) is 0 Å². The van der Waals surface area contributed by atoms with Gasteiger partial charge in [0.25, 0.3) is 0 Å². The van der Waals surface area contributed by atoms with E-state index >= 15 is 0 Å². The van der Waals surface area contributed by atoms with Crippen molar-refractivity contribution in [3.05, 3.63) is 28.8 Å². The Bertz CT molecular complexity index is 699. The molecule has 0 spiro atoms. The molecule has 0 aliphatic heterocycles. The molecule has 7 heteroatoms. The molecule has 0 unspecified atom stereocenters. The summed E-state index contributed by atoms with van der Waals surface area (Å²) >= 11 is 1.46. The lowest BCUT2D eigenvalue weighted by atomic mass is 10.1. The molecule has 0 saturated carbocycles. The minimum absolute atomic E-state index is 0.0676. The van der Waals surface area contributed by atoms with Crippen molar-refractivity contribution >= 4 is 22.4 Å². The summed E-state index contributed by atoms with van der Waals surface area (Å²) in [4.78, 5) is 12.2. The Morgan fingerprint density at radius 3 is 2.52 bits per heavy atom. The van der Waals surface area contributed by atoms with Crippen LogP contribution in [0.4, 0.5) is 5.13 Å². The quantitative estimate of drug-likeness (QED) is 0.728. The Kier molecular flexibility index (Phi) is 7.18. The highest BCUT2D eigenvalue weighted by atomic mass is 32.1. The fourth-order valence-corrected chi connectivity index (χ4v) is 3.59. The molecular formula is C18H25N3O3S. The number of benzene rings is 1. The summed E-state index contributed by atoms with van der Waals surface area (Å²) in [7, 11) is 3.20. The van der Waals surface area contributed by atoms with Crippen molar-refractivity contribution < 1.29 is 14.3 Å². The number of ether oxygens (including phenoxy) is 2. The highest BCUT2D eigenvalue weighted by Crippen LogP contribution is 2.29. The summed E-state index contributed by atoms with van der Waals surface area (Å²) in [6, 6.07) is 5.67. The molecule has 1 aromatic carbocycles. The normalized spacial score (nSPS) is 10.8. The van der Waals surface area contributed by atoms with Crippen molar-refractivity contribution in [2.45, 2.75) is 45.4 Å². The van der Waals surface area contributed by atoms with Crippen molar-refractivity contribution in [2.75, 3.05) is 19.5 Å². The second kappa shape index (κ2) is 9.36. The average Bonchev–Trinajstić information content (AvgIpc) is 3.08. The molecule has 136 valence electrons. The van der Waals surface area contributed by atoms with Gasteiger partial charge in [0.1, 0.15) is 5.01 Å². The van der Waals surface area contributed by atoms with E-state index in [0.29, 0.717) is 35.4 Å². The van der Waals surface area contributed by atoms with E-state index in [4.69, 9.17) is 9.47 Å². The number of aromatic nitrogens is 2. The van der Waals surface area contributed by atoms with Crippen molar-refractivity contribution in [2.24, 2.45) is 0 Å². The highest BCUT2D eigenvalue weighted by Gasteiger charge is 2.14. The molecule has 1 N–H and O–H groups in total. The third-order valence-corrected chi connectivity index (χ3v) is 5.11. The molecule has 0 fully saturated rings. The predicted molar refractivity (Wildman–Crippen MR) is 99.7 cm³/mol. The van der Waals surface area contributed by atoms with E-state index in [1.807, 2.05) is 18.2 Å². The van der Waals surface area contributed by atoms with Gasteiger partial charge in [0, 0.05) is 12.3 Å². The molecule has 0 bridgehead atoms. The van der Waals surface area contributed by atoms with Crippen LogP contribution in [-0.4, -0.2) is 30.3 Å². The number of aryl methyl sites for hydroxylation is 1. The van der Waals surface area contributed by atoms with E-state index in [2.05, 4.69) is 29.4 Å². The summed E-state index contributed by atoms with van der Waals surface area (Å²) in [6.45, 7) is 4.27. The molecule has 25 heavy (non-hydrogen) atoms. The van der Waals surface area contributed by atoms with Gasteiger partial charge in [-0.15, -0.1) is 10.2 Å². The second-order valence-corrected chi connectivity index (χ2v) is 6.71. The fraction of sp³-hybridized carbons (Fsp3) is 0.500. The number of amides is 1. The van der Waals surface area contributed by atoms with Gasteiger partial charge < -0.3 is 14.8 Å². The predicted octanol–water partition coefficient (Wildman–Crippen LogP) is 4.03. The molecule has 1 amide bonds. The first kappa shape index (κ1) is 19.2. The van der Waals surface area contributed by atoms with E-state index in [1.54, 1.807) is 14.2 Å². The zero-order valence-corrected chi connectivity index (χ0v) is 16.0. The molecule has 0 atom stereocenters. The van der Waals surface area contributed by atoms with E-state index in [0.717, 1.165) is 23.4 Å². The Labute approximate surface area is 152 Å². The number of hydrogen-bond acceptors (Lipinski definition) is 6. The monoisotopic (exact) mass is 363 g/mol.